The number of carbonyl (C=O) groups excluding carboxylic acids is 1. The number of amides is 1. The summed E-state index contributed by atoms with van der Waals surface area (Å²) in [4.78, 5) is 26.4. The molecule has 1 aliphatic rings. The standard InChI is InChI=1S/C12H13BrN2O4/c13-8-3-7(4-14-5-8)11(16)15-6-9-1-2-10(19-9)12(17)18/h3-5,9-10H,1-2,6H2,(H,15,16)(H,17,18). The van der Waals surface area contributed by atoms with Gasteiger partial charge < -0.3 is 15.2 Å². The quantitative estimate of drug-likeness (QED) is 0.867. The first-order valence-corrected chi connectivity index (χ1v) is 6.62. The van der Waals surface area contributed by atoms with Crippen LogP contribution in [0.3, 0.4) is 0 Å². The molecule has 0 aromatic carbocycles. The first-order valence-electron chi connectivity index (χ1n) is 5.83. The van der Waals surface area contributed by atoms with Crippen LogP contribution in [-0.4, -0.2) is 40.7 Å². The minimum atomic E-state index is -0.954. The molecule has 0 bridgehead atoms. The van der Waals surface area contributed by atoms with Crippen molar-refractivity contribution in [2.75, 3.05) is 6.54 Å². The van der Waals surface area contributed by atoms with Crippen LogP contribution >= 0.6 is 15.9 Å². The molecule has 2 heterocycles. The molecule has 1 aromatic rings. The van der Waals surface area contributed by atoms with Crippen LogP contribution in [-0.2, 0) is 9.53 Å². The first kappa shape index (κ1) is 14.0. The van der Waals surface area contributed by atoms with Gasteiger partial charge in [0.25, 0.3) is 5.91 Å². The van der Waals surface area contributed by atoms with E-state index in [2.05, 4.69) is 26.2 Å². The van der Waals surface area contributed by atoms with Crippen LogP contribution in [0.2, 0.25) is 0 Å². The third kappa shape index (κ3) is 3.74. The van der Waals surface area contributed by atoms with Crippen molar-refractivity contribution in [2.45, 2.75) is 25.0 Å². The van der Waals surface area contributed by atoms with Crippen molar-refractivity contribution in [1.82, 2.24) is 10.3 Å². The minimum absolute atomic E-state index is 0.245. The zero-order valence-corrected chi connectivity index (χ0v) is 11.6. The first-order chi connectivity index (χ1) is 9.06. The highest BCUT2D eigenvalue weighted by Gasteiger charge is 2.30. The van der Waals surface area contributed by atoms with E-state index in [-0.39, 0.29) is 12.0 Å². The van der Waals surface area contributed by atoms with Gasteiger partial charge in [0.15, 0.2) is 6.10 Å². The molecule has 1 aliphatic heterocycles. The summed E-state index contributed by atoms with van der Waals surface area (Å²) in [6.45, 7) is 0.301. The Labute approximate surface area is 118 Å². The molecule has 1 saturated heterocycles. The number of hydrogen-bond donors (Lipinski definition) is 2. The Morgan fingerprint density at radius 1 is 1.47 bits per heavy atom. The molecule has 0 saturated carbocycles. The summed E-state index contributed by atoms with van der Waals surface area (Å²) in [7, 11) is 0. The van der Waals surface area contributed by atoms with Gasteiger partial charge in [-0.3, -0.25) is 9.78 Å². The summed E-state index contributed by atoms with van der Waals surface area (Å²) in [5.41, 5.74) is 0.446. The van der Waals surface area contributed by atoms with Crippen molar-refractivity contribution in [3.8, 4) is 0 Å². The molecular weight excluding hydrogens is 316 g/mol. The number of carboxylic acid groups (broad SMARTS) is 1. The van der Waals surface area contributed by atoms with E-state index in [1.165, 1.54) is 6.20 Å². The van der Waals surface area contributed by atoms with Gasteiger partial charge in [0.1, 0.15) is 0 Å². The Morgan fingerprint density at radius 3 is 2.89 bits per heavy atom. The number of hydrogen-bond acceptors (Lipinski definition) is 4. The largest absolute Gasteiger partial charge is 0.479 e. The van der Waals surface area contributed by atoms with Crippen LogP contribution in [0.25, 0.3) is 0 Å². The molecule has 102 valence electrons. The van der Waals surface area contributed by atoms with Gasteiger partial charge in [0, 0.05) is 23.4 Å². The molecule has 1 aromatic heterocycles. The lowest BCUT2D eigenvalue weighted by molar-refractivity contribution is -0.149. The highest BCUT2D eigenvalue weighted by atomic mass is 79.9. The highest BCUT2D eigenvalue weighted by molar-refractivity contribution is 9.10. The summed E-state index contributed by atoms with van der Waals surface area (Å²) in [6.07, 6.45) is 3.17. The van der Waals surface area contributed by atoms with Crippen LogP contribution in [0.1, 0.15) is 23.2 Å². The van der Waals surface area contributed by atoms with Crippen molar-refractivity contribution < 1.29 is 19.4 Å². The Kier molecular flexibility index (Phi) is 4.49. The number of nitrogens with one attached hydrogen (secondary N) is 1. The van der Waals surface area contributed by atoms with Crippen molar-refractivity contribution >= 4 is 27.8 Å². The van der Waals surface area contributed by atoms with Gasteiger partial charge in [-0.1, -0.05) is 0 Å². The lowest BCUT2D eigenvalue weighted by atomic mass is 10.2. The number of nitrogens with zero attached hydrogens (tertiary/aromatic N) is 1. The number of pyridine rings is 1. The van der Waals surface area contributed by atoms with Gasteiger partial charge in [-0.2, -0.15) is 0 Å². The molecule has 0 radical (unpaired) electrons. The molecule has 2 rings (SSSR count). The van der Waals surface area contributed by atoms with Gasteiger partial charge in [-0.25, -0.2) is 4.79 Å². The maximum atomic E-state index is 11.8. The summed E-state index contributed by atoms with van der Waals surface area (Å²) in [6, 6.07) is 1.66. The number of aliphatic carboxylic acids is 1. The molecule has 7 heteroatoms. The topological polar surface area (TPSA) is 88.5 Å². The number of rotatable bonds is 4. The van der Waals surface area contributed by atoms with Crippen LogP contribution in [0.15, 0.2) is 22.9 Å². The molecule has 1 fully saturated rings. The molecule has 0 spiro atoms. The second kappa shape index (κ2) is 6.12. The number of halogens is 1. The van der Waals surface area contributed by atoms with E-state index in [1.807, 2.05) is 0 Å². The van der Waals surface area contributed by atoms with Crippen LogP contribution < -0.4 is 5.32 Å². The fourth-order valence-corrected chi connectivity index (χ4v) is 2.25. The molecule has 2 atom stereocenters. The fraction of sp³-hybridized carbons (Fsp3) is 0.417. The van der Waals surface area contributed by atoms with Crippen LogP contribution in [0.5, 0.6) is 0 Å². The molecule has 0 aliphatic carbocycles. The van der Waals surface area contributed by atoms with Gasteiger partial charge in [0.2, 0.25) is 0 Å². The van der Waals surface area contributed by atoms with Crippen molar-refractivity contribution in [1.29, 1.82) is 0 Å². The number of ether oxygens (including phenoxy) is 1. The smallest absolute Gasteiger partial charge is 0.332 e. The fourth-order valence-electron chi connectivity index (χ4n) is 1.88. The summed E-state index contributed by atoms with van der Waals surface area (Å²) < 4.78 is 6.02. The van der Waals surface area contributed by atoms with E-state index in [0.29, 0.717) is 24.9 Å². The third-order valence-corrected chi connectivity index (χ3v) is 3.27. The Hall–Kier alpha value is -1.47. The van der Waals surface area contributed by atoms with Gasteiger partial charge >= 0.3 is 5.97 Å². The summed E-state index contributed by atoms with van der Waals surface area (Å²) >= 11 is 3.24. The molecule has 2 N–H and O–H groups in total. The van der Waals surface area contributed by atoms with Crippen LogP contribution in [0, 0.1) is 0 Å². The average molecular weight is 329 g/mol. The number of carbonyl (C=O) groups is 2. The van der Waals surface area contributed by atoms with Crippen LogP contribution in [0.4, 0.5) is 0 Å². The van der Waals surface area contributed by atoms with E-state index < -0.39 is 12.1 Å². The second-order valence-electron chi connectivity index (χ2n) is 4.26. The van der Waals surface area contributed by atoms with E-state index in [9.17, 15) is 9.59 Å². The summed E-state index contributed by atoms with van der Waals surface area (Å²) in [5, 5.41) is 11.5. The predicted molar refractivity (Wildman–Crippen MR) is 69.8 cm³/mol. The van der Waals surface area contributed by atoms with Crippen molar-refractivity contribution in [2.24, 2.45) is 0 Å². The van der Waals surface area contributed by atoms with E-state index in [4.69, 9.17) is 9.84 Å². The average Bonchev–Trinajstić information content (AvgIpc) is 2.85. The number of aromatic nitrogens is 1. The van der Waals surface area contributed by atoms with Gasteiger partial charge in [0.05, 0.1) is 11.7 Å². The molecule has 2 unspecified atom stereocenters. The van der Waals surface area contributed by atoms with Crippen molar-refractivity contribution in [3.63, 3.8) is 0 Å². The lowest BCUT2D eigenvalue weighted by Gasteiger charge is -2.12. The monoisotopic (exact) mass is 328 g/mol. The Morgan fingerprint density at radius 2 is 2.26 bits per heavy atom. The Balaban J connectivity index is 1.83. The minimum Gasteiger partial charge on any atom is -0.479 e. The van der Waals surface area contributed by atoms with Gasteiger partial charge in [-0.15, -0.1) is 0 Å². The van der Waals surface area contributed by atoms with Crippen molar-refractivity contribution in [3.05, 3.63) is 28.5 Å². The molecular formula is C12H13BrN2O4. The van der Waals surface area contributed by atoms with E-state index in [0.717, 1.165) is 4.47 Å². The predicted octanol–water partition coefficient (Wildman–Crippen LogP) is 1.21. The number of carboxylic acids is 1. The molecule has 1 amide bonds. The molecule has 6 nitrogen and oxygen atoms in total. The SMILES string of the molecule is O=C(NCC1CCC(C(=O)O)O1)c1cncc(Br)c1. The normalized spacial score (nSPS) is 22.2. The lowest BCUT2D eigenvalue weighted by Crippen LogP contribution is -2.33. The zero-order chi connectivity index (χ0) is 13.8. The Bertz CT molecular complexity index is 494. The zero-order valence-electron chi connectivity index (χ0n) is 10.0. The third-order valence-electron chi connectivity index (χ3n) is 2.84. The highest BCUT2D eigenvalue weighted by Crippen LogP contribution is 2.19. The maximum absolute atomic E-state index is 11.8. The maximum Gasteiger partial charge on any atom is 0.332 e. The van der Waals surface area contributed by atoms with E-state index in [1.54, 1.807) is 12.3 Å². The summed E-state index contributed by atoms with van der Waals surface area (Å²) in [5.74, 6) is -1.21. The van der Waals surface area contributed by atoms with Gasteiger partial charge in [-0.05, 0) is 34.8 Å². The van der Waals surface area contributed by atoms with E-state index >= 15 is 0 Å². The molecule has 19 heavy (non-hydrogen) atoms. The second-order valence-corrected chi connectivity index (χ2v) is 5.18.